The summed E-state index contributed by atoms with van der Waals surface area (Å²) in [5, 5.41) is 8.86. The third-order valence-electron chi connectivity index (χ3n) is 2.69. The molecule has 0 aliphatic heterocycles. The summed E-state index contributed by atoms with van der Waals surface area (Å²) in [6, 6.07) is 10.5. The van der Waals surface area contributed by atoms with Gasteiger partial charge >= 0.3 is 0 Å². The first kappa shape index (κ1) is 18.9. The van der Waals surface area contributed by atoms with Crippen LogP contribution in [-0.2, 0) is 11.3 Å². The molecule has 0 aliphatic rings. The van der Waals surface area contributed by atoms with Crippen molar-refractivity contribution < 1.29 is 14.6 Å². The van der Waals surface area contributed by atoms with Crippen molar-refractivity contribution in [3.8, 4) is 5.88 Å². The van der Waals surface area contributed by atoms with E-state index >= 15 is 0 Å². The Hall–Kier alpha value is -2.18. The van der Waals surface area contributed by atoms with E-state index in [1.54, 1.807) is 42.1 Å². The smallest absolute Gasteiger partial charge is 0.250 e. The van der Waals surface area contributed by atoms with Crippen LogP contribution >= 0.6 is 0 Å². The molecule has 2 heterocycles. The highest BCUT2D eigenvalue weighted by Gasteiger charge is 1.96. The second kappa shape index (κ2) is 11.4. The normalized spacial score (nSPS) is 11.3. The molecule has 2 aromatic heterocycles. The Morgan fingerprint density at radius 1 is 1.26 bits per heavy atom. The van der Waals surface area contributed by atoms with Gasteiger partial charge in [0, 0.05) is 37.7 Å². The molecule has 0 amide bonds. The fourth-order valence-electron chi connectivity index (χ4n) is 1.59. The van der Waals surface area contributed by atoms with Crippen molar-refractivity contribution in [3.63, 3.8) is 0 Å². The third kappa shape index (κ3) is 8.75. The lowest BCUT2D eigenvalue weighted by molar-refractivity contribution is 0.120. The zero-order valence-corrected chi connectivity index (χ0v) is 13.6. The molecule has 1 unspecified atom stereocenters. The van der Waals surface area contributed by atoms with E-state index in [9.17, 15) is 4.79 Å². The van der Waals surface area contributed by atoms with Crippen LogP contribution in [-0.4, -0.2) is 40.6 Å². The van der Waals surface area contributed by atoms with Crippen molar-refractivity contribution in [1.82, 2.24) is 9.55 Å². The number of hydrogen-bond donors (Lipinski definition) is 1. The van der Waals surface area contributed by atoms with Gasteiger partial charge in [-0.3, -0.25) is 4.79 Å². The second-order valence-electron chi connectivity index (χ2n) is 4.76. The van der Waals surface area contributed by atoms with Gasteiger partial charge in [0.25, 0.3) is 5.56 Å². The van der Waals surface area contributed by atoms with Crippen molar-refractivity contribution in [2.45, 2.75) is 26.5 Å². The Morgan fingerprint density at radius 2 is 2.04 bits per heavy atom. The van der Waals surface area contributed by atoms with Crippen LogP contribution in [0.3, 0.4) is 0 Å². The van der Waals surface area contributed by atoms with Gasteiger partial charge in [0.2, 0.25) is 5.88 Å². The minimum Gasteiger partial charge on any atom is -0.475 e. The van der Waals surface area contributed by atoms with Gasteiger partial charge in [0.05, 0.1) is 12.7 Å². The Balaban J connectivity index is 0.000000231. The zero-order valence-electron chi connectivity index (χ0n) is 13.6. The summed E-state index contributed by atoms with van der Waals surface area (Å²) in [6.45, 7) is 5.82. The van der Waals surface area contributed by atoms with Gasteiger partial charge in [0.15, 0.2) is 0 Å². The largest absolute Gasteiger partial charge is 0.475 e. The molecule has 1 atom stereocenters. The summed E-state index contributed by atoms with van der Waals surface area (Å²) in [7, 11) is 0. The van der Waals surface area contributed by atoms with Crippen LogP contribution in [0.5, 0.6) is 5.88 Å². The molecule has 1 N–H and O–H groups in total. The van der Waals surface area contributed by atoms with E-state index < -0.39 is 6.10 Å². The molecule has 0 aliphatic carbocycles. The zero-order chi connectivity index (χ0) is 16.9. The lowest BCUT2D eigenvalue weighted by atomic mass is 10.4. The third-order valence-corrected chi connectivity index (χ3v) is 2.69. The maximum absolute atomic E-state index is 11.1. The lowest BCUT2D eigenvalue weighted by Crippen LogP contribution is -2.20. The molecular weight excluding hydrogens is 296 g/mol. The topological polar surface area (TPSA) is 73.6 Å². The minimum atomic E-state index is -0.447. The highest BCUT2D eigenvalue weighted by molar-refractivity contribution is 5.08. The molecule has 0 bridgehead atoms. The standard InChI is InChI=1S/C9H13NO2.C8H11NO2/c1-2-12-8-7-10-6-4-3-5-9(10)11;1-7(10)6-11-8-4-2-3-5-9-8/h3-6H,2,7-8H2,1H3;2-5,7,10H,6H2,1H3. The van der Waals surface area contributed by atoms with E-state index in [2.05, 4.69) is 4.98 Å². The highest BCUT2D eigenvalue weighted by atomic mass is 16.5. The van der Waals surface area contributed by atoms with Crippen molar-refractivity contribution in [2.75, 3.05) is 19.8 Å². The molecule has 0 aromatic carbocycles. The number of nitrogens with zero attached hydrogens (tertiary/aromatic N) is 2. The van der Waals surface area contributed by atoms with Gasteiger partial charge in [-0.1, -0.05) is 12.1 Å². The number of aromatic nitrogens is 2. The molecule has 126 valence electrons. The van der Waals surface area contributed by atoms with E-state index in [-0.39, 0.29) is 12.2 Å². The monoisotopic (exact) mass is 320 g/mol. The average Bonchev–Trinajstić information content (AvgIpc) is 2.56. The Bertz CT molecular complexity index is 584. The predicted octanol–water partition coefficient (Wildman–Crippen LogP) is 1.73. The molecule has 2 rings (SSSR count). The van der Waals surface area contributed by atoms with Crippen LogP contribution in [0.4, 0.5) is 0 Å². The maximum atomic E-state index is 11.1. The van der Waals surface area contributed by atoms with Crippen LogP contribution in [0.1, 0.15) is 13.8 Å². The average molecular weight is 320 g/mol. The van der Waals surface area contributed by atoms with Crippen LogP contribution in [0.15, 0.2) is 53.6 Å². The Kier molecular flexibility index (Phi) is 9.35. The van der Waals surface area contributed by atoms with E-state index in [4.69, 9.17) is 14.6 Å². The summed E-state index contributed by atoms with van der Waals surface area (Å²) >= 11 is 0. The summed E-state index contributed by atoms with van der Waals surface area (Å²) in [5.74, 6) is 0.549. The maximum Gasteiger partial charge on any atom is 0.250 e. The van der Waals surface area contributed by atoms with Crippen molar-refractivity contribution in [3.05, 3.63) is 59.1 Å². The fraction of sp³-hybridized carbons (Fsp3) is 0.412. The molecule has 0 spiro atoms. The molecule has 6 nitrogen and oxygen atoms in total. The molecule has 0 saturated carbocycles. The van der Waals surface area contributed by atoms with E-state index in [1.165, 1.54) is 0 Å². The summed E-state index contributed by atoms with van der Waals surface area (Å²) in [6.07, 6.45) is 2.97. The molecule has 0 radical (unpaired) electrons. The molecule has 0 saturated heterocycles. The van der Waals surface area contributed by atoms with Crippen molar-refractivity contribution in [1.29, 1.82) is 0 Å². The number of ether oxygens (including phenoxy) is 2. The van der Waals surface area contributed by atoms with Crippen LogP contribution < -0.4 is 10.3 Å². The van der Waals surface area contributed by atoms with Crippen LogP contribution in [0.2, 0.25) is 0 Å². The predicted molar refractivity (Wildman–Crippen MR) is 88.6 cm³/mol. The summed E-state index contributed by atoms with van der Waals surface area (Å²) < 4.78 is 11.9. The number of pyridine rings is 2. The molecule has 23 heavy (non-hydrogen) atoms. The van der Waals surface area contributed by atoms with Crippen LogP contribution in [0.25, 0.3) is 0 Å². The lowest BCUT2D eigenvalue weighted by Gasteiger charge is -2.05. The number of hydrogen-bond acceptors (Lipinski definition) is 5. The molecule has 2 aromatic rings. The second-order valence-corrected chi connectivity index (χ2v) is 4.76. The Morgan fingerprint density at radius 3 is 2.65 bits per heavy atom. The van der Waals surface area contributed by atoms with Gasteiger partial charge in [-0.15, -0.1) is 0 Å². The first-order valence-electron chi connectivity index (χ1n) is 7.58. The van der Waals surface area contributed by atoms with Crippen LogP contribution in [0, 0.1) is 0 Å². The first-order valence-corrected chi connectivity index (χ1v) is 7.58. The van der Waals surface area contributed by atoms with Crippen molar-refractivity contribution in [2.24, 2.45) is 0 Å². The summed E-state index contributed by atoms with van der Waals surface area (Å²) in [5.41, 5.74) is 0.0252. The van der Waals surface area contributed by atoms with Gasteiger partial charge in [-0.25, -0.2) is 4.98 Å². The molecule has 0 fully saturated rings. The van der Waals surface area contributed by atoms with E-state index in [1.807, 2.05) is 25.1 Å². The first-order chi connectivity index (χ1) is 11.1. The number of rotatable bonds is 7. The molecular formula is C17H24N2O4. The highest BCUT2D eigenvalue weighted by Crippen LogP contribution is 2.02. The van der Waals surface area contributed by atoms with Gasteiger partial charge in [-0.05, 0) is 26.0 Å². The minimum absolute atomic E-state index is 0.0252. The van der Waals surface area contributed by atoms with E-state index in [0.717, 1.165) is 0 Å². The quantitative estimate of drug-likeness (QED) is 0.787. The van der Waals surface area contributed by atoms with Gasteiger partial charge in [0.1, 0.15) is 6.61 Å². The number of aliphatic hydroxyl groups is 1. The summed E-state index contributed by atoms with van der Waals surface area (Å²) in [4.78, 5) is 15.0. The SMILES string of the molecule is CC(O)COc1ccccn1.CCOCCn1ccccc1=O. The fourth-order valence-corrected chi connectivity index (χ4v) is 1.59. The molecule has 6 heteroatoms. The van der Waals surface area contributed by atoms with Gasteiger partial charge in [-0.2, -0.15) is 0 Å². The van der Waals surface area contributed by atoms with E-state index in [0.29, 0.717) is 25.6 Å². The van der Waals surface area contributed by atoms with Crippen molar-refractivity contribution >= 4 is 0 Å². The number of aliphatic hydroxyl groups excluding tert-OH is 1. The van der Waals surface area contributed by atoms with Gasteiger partial charge < -0.3 is 19.1 Å². The Labute approximate surface area is 136 Å².